The van der Waals surface area contributed by atoms with E-state index in [-0.39, 0.29) is 11.8 Å². The van der Waals surface area contributed by atoms with Crippen molar-refractivity contribution in [2.45, 2.75) is 25.8 Å². The van der Waals surface area contributed by atoms with Gasteiger partial charge in [0.1, 0.15) is 0 Å². The van der Waals surface area contributed by atoms with Gasteiger partial charge >= 0.3 is 0 Å². The van der Waals surface area contributed by atoms with Crippen LogP contribution in [0.15, 0.2) is 12.4 Å². The number of amides is 2. The highest BCUT2D eigenvalue weighted by Gasteiger charge is 2.29. The second-order valence-electron chi connectivity index (χ2n) is 7.33. The number of ether oxygens (including phenoxy) is 1. The third kappa shape index (κ3) is 3.54. The largest absolute Gasteiger partial charge is 0.378 e. The fourth-order valence-corrected chi connectivity index (χ4v) is 3.95. The van der Waals surface area contributed by atoms with Crippen molar-refractivity contribution in [3.8, 4) is 0 Å². The fourth-order valence-electron chi connectivity index (χ4n) is 3.95. The zero-order valence-corrected chi connectivity index (χ0v) is 16.4. The second kappa shape index (κ2) is 7.75. The van der Waals surface area contributed by atoms with Crippen LogP contribution in [0.25, 0.3) is 0 Å². The van der Waals surface area contributed by atoms with Crippen LogP contribution in [-0.2, 0) is 43.0 Å². The molecule has 1 fully saturated rings. The van der Waals surface area contributed by atoms with Gasteiger partial charge in [-0.05, 0) is 0 Å². The first-order chi connectivity index (χ1) is 13.5. The van der Waals surface area contributed by atoms with E-state index < -0.39 is 0 Å². The molecule has 2 aliphatic rings. The fraction of sp³-hybridized carbons (Fsp3) is 0.579. The van der Waals surface area contributed by atoms with E-state index in [4.69, 9.17) is 4.74 Å². The predicted octanol–water partition coefficient (Wildman–Crippen LogP) is 0.144. The molecular formula is C19H26N6O3. The van der Waals surface area contributed by atoms with Gasteiger partial charge in [0.05, 0.1) is 18.9 Å². The molecule has 28 heavy (non-hydrogen) atoms. The Bertz CT molecular complexity index is 880. The van der Waals surface area contributed by atoms with Crippen LogP contribution >= 0.6 is 0 Å². The Morgan fingerprint density at radius 2 is 1.93 bits per heavy atom. The van der Waals surface area contributed by atoms with E-state index in [1.165, 1.54) is 0 Å². The number of hydrogen-bond donors (Lipinski definition) is 0. The van der Waals surface area contributed by atoms with Crippen LogP contribution < -0.4 is 0 Å². The molecule has 150 valence electrons. The highest BCUT2D eigenvalue weighted by Crippen LogP contribution is 2.24. The minimum atomic E-state index is -0.0719. The van der Waals surface area contributed by atoms with Gasteiger partial charge in [-0.3, -0.25) is 14.3 Å². The summed E-state index contributed by atoms with van der Waals surface area (Å²) < 4.78 is 8.94. The number of imidazole rings is 1. The molecule has 0 N–H and O–H groups in total. The zero-order chi connectivity index (χ0) is 19.7. The normalized spacial score (nSPS) is 16.9. The van der Waals surface area contributed by atoms with E-state index in [0.717, 1.165) is 23.4 Å². The summed E-state index contributed by atoms with van der Waals surface area (Å²) in [6.45, 7) is 3.68. The van der Waals surface area contributed by atoms with E-state index >= 15 is 0 Å². The van der Waals surface area contributed by atoms with Gasteiger partial charge in [0, 0.05) is 83.2 Å². The Labute approximate surface area is 163 Å². The van der Waals surface area contributed by atoms with Crippen molar-refractivity contribution in [3.05, 3.63) is 35.2 Å². The van der Waals surface area contributed by atoms with Gasteiger partial charge in [-0.25, -0.2) is 4.98 Å². The van der Waals surface area contributed by atoms with Gasteiger partial charge in [-0.15, -0.1) is 0 Å². The summed E-state index contributed by atoms with van der Waals surface area (Å²) in [6, 6.07) is 0. The first kappa shape index (κ1) is 18.7. The molecule has 1 saturated heterocycles. The molecule has 2 aromatic heterocycles. The molecule has 0 saturated carbocycles. The Kier molecular flexibility index (Phi) is 5.17. The van der Waals surface area contributed by atoms with Crippen LogP contribution in [0.3, 0.4) is 0 Å². The average Bonchev–Trinajstić information content (AvgIpc) is 3.29. The molecule has 4 rings (SSSR count). The van der Waals surface area contributed by atoms with Crippen molar-refractivity contribution in [3.63, 3.8) is 0 Å². The van der Waals surface area contributed by atoms with Crippen LogP contribution in [0, 0.1) is 0 Å². The number of aryl methyl sites for hydroxylation is 3. The molecule has 9 nitrogen and oxygen atoms in total. The van der Waals surface area contributed by atoms with Gasteiger partial charge in [0.2, 0.25) is 5.91 Å². The van der Waals surface area contributed by atoms with Crippen molar-refractivity contribution in [2.75, 3.05) is 32.8 Å². The van der Waals surface area contributed by atoms with Crippen LogP contribution in [0.5, 0.6) is 0 Å². The first-order valence-electron chi connectivity index (χ1n) is 9.70. The molecule has 0 spiro atoms. The molecule has 2 aromatic rings. The molecule has 0 aromatic carbocycles. The summed E-state index contributed by atoms with van der Waals surface area (Å²) in [7, 11) is 3.75. The number of nitrogens with zero attached hydrogens (tertiary/aromatic N) is 6. The minimum Gasteiger partial charge on any atom is -0.378 e. The molecular weight excluding hydrogens is 360 g/mol. The lowest BCUT2D eigenvalue weighted by Gasteiger charge is -2.28. The van der Waals surface area contributed by atoms with Gasteiger partial charge in [-0.1, -0.05) is 0 Å². The number of carbonyl (C=O) groups is 2. The highest BCUT2D eigenvalue weighted by molar-refractivity contribution is 5.91. The van der Waals surface area contributed by atoms with E-state index in [1.54, 1.807) is 17.0 Å². The SMILES string of the molecule is Cn1ccnc1C(=O)N1CCc2c(c(CCC(=O)N3CCOCC3)nn2C)C1. The number of rotatable bonds is 4. The summed E-state index contributed by atoms with van der Waals surface area (Å²) >= 11 is 0. The van der Waals surface area contributed by atoms with Crippen molar-refractivity contribution in [2.24, 2.45) is 14.1 Å². The highest BCUT2D eigenvalue weighted by atomic mass is 16.5. The Balaban J connectivity index is 1.46. The third-order valence-electron chi connectivity index (χ3n) is 5.56. The third-order valence-corrected chi connectivity index (χ3v) is 5.56. The van der Waals surface area contributed by atoms with Gasteiger partial charge in [0.25, 0.3) is 5.91 Å². The number of fused-ring (bicyclic) bond motifs is 1. The maximum Gasteiger partial charge on any atom is 0.290 e. The smallest absolute Gasteiger partial charge is 0.290 e. The first-order valence-corrected chi connectivity index (χ1v) is 9.70. The lowest BCUT2D eigenvalue weighted by atomic mass is 10.0. The molecule has 2 aliphatic heterocycles. The van der Waals surface area contributed by atoms with E-state index in [9.17, 15) is 9.59 Å². The molecule has 2 amide bonds. The summed E-state index contributed by atoms with van der Waals surface area (Å²) in [4.78, 5) is 33.1. The number of morpholine rings is 1. The summed E-state index contributed by atoms with van der Waals surface area (Å²) in [5.74, 6) is 0.508. The number of carbonyl (C=O) groups excluding carboxylic acids is 2. The van der Waals surface area contributed by atoms with E-state index in [0.29, 0.717) is 58.1 Å². The van der Waals surface area contributed by atoms with Crippen molar-refractivity contribution >= 4 is 11.8 Å². The van der Waals surface area contributed by atoms with Crippen LogP contribution in [0.2, 0.25) is 0 Å². The lowest BCUT2D eigenvalue weighted by Crippen LogP contribution is -2.40. The quantitative estimate of drug-likeness (QED) is 0.746. The maximum absolute atomic E-state index is 12.8. The Hall–Kier alpha value is -2.68. The number of hydrogen-bond acceptors (Lipinski definition) is 5. The summed E-state index contributed by atoms with van der Waals surface area (Å²) in [5, 5.41) is 4.65. The minimum absolute atomic E-state index is 0.0719. The zero-order valence-electron chi connectivity index (χ0n) is 16.4. The molecule has 4 heterocycles. The molecule has 0 unspecified atom stereocenters. The monoisotopic (exact) mass is 386 g/mol. The molecule has 0 bridgehead atoms. The number of aromatic nitrogens is 4. The molecule has 0 atom stereocenters. The van der Waals surface area contributed by atoms with Gasteiger partial charge in [0.15, 0.2) is 5.82 Å². The van der Waals surface area contributed by atoms with Crippen LogP contribution in [-0.4, -0.2) is 73.8 Å². The van der Waals surface area contributed by atoms with E-state index in [1.807, 2.05) is 28.6 Å². The van der Waals surface area contributed by atoms with Crippen LogP contribution in [0.4, 0.5) is 0 Å². The molecule has 0 aliphatic carbocycles. The van der Waals surface area contributed by atoms with Crippen LogP contribution in [0.1, 0.15) is 34.0 Å². The van der Waals surface area contributed by atoms with Gasteiger partial charge < -0.3 is 19.1 Å². The van der Waals surface area contributed by atoms with Crippen molar-refractivity contribution < 1.29 is 14.3 Å². The van der Waals surface area contributed by atoms with E-state index in [2.05, 4.69) is 10.1 Å². The second-order valence-corrected chi connectivity index (χ2v) is 7.33. The summed E-state index contributed by atoms with van der Waals surface area (Å²) in [5.41, 5.74) is 3.14. The lowest BCUT2D eigenvalue weighted by molar-refractivity contribution is -0.135. The average molecular weight is 386 g/mol. The predicted molar refractivity (Wildman–Crippen MR) is 101 cm³/mol. The molecule has 0 radical (unpaired) electrons. The van der Waals surface area contributed by atoms with Crippen molar-refractivity contribution in [1.82, 2.24) is 29.1 Å². The standard InChI is InChI=1S/C19H26N6O3/c1-22-8-6-20-18(22)19(27)25-7-5-16-14(13-25)15(21-23(16)2)3-4-17(26)24-9-11-28-12-10-24/h6,8H,3-5,7,9-13H2,1-2H3. The van der Waals surface area contributed by atoms with Gasteiger partial charge in [-0.2, -0.15) is 5.10 Å². The summed E-state index contributed by atoms with van der Waals surface area (Å²) in [6.07, 6.45) is 5.18. The molecule has 9 heteroatoms. The topological polar surface area (TPSA) is 85.5 Å². The van der Waals surface area contributed by atoms with Crippen molar-refractivity contribution in [1.29, 1.82) is 0 Å². The Morgan fingerprint density at radius 3 is 2.64 bits per heavy atom. The Morgan fingerprint density at radius 1 is 1.14 bits per heavy atom. The maximum atomic E-state index is 12.8.